The van der Waals surface area contributed by atoms with Crippen molar-refractivity contribution in [3.8, 4) is 0 Å². The number of anilines is 2. The Morgan fingerprint density at radius 3 is 1.97 bits per heavy atom. The van der Waals surface area contributed by atoms with E-state index < -0.39 is 11.9 Å². The number of aryl methyl sites for hydroxylation is 1. The molecular formula is C22H25N3O4. The highest BCUT2D eigenvalue weighted by molar-refractivity contribution is 6.05. The molecule has 0 radical (unpaired) electrons. The summed E-state index contributed by atoms with van der Waals surface area (Å²) in [4.78, 5) is 37.9. The van der Waals surface area contributed by atoms with E-state index in [1.807, 2.05) is 4.90 Å². The largest absolute Gasteiger partial charge is 0.478 e. The monoisotopic (exact) mass is 395 g/mol. The van der Waals surface area contributed by atoms with Crippen molar-refractivity contribution >= 4 is 29.3 Å². The molecule has 0 spiro atoms. The number of aromatic carboxylic acids is 1. The Morgan fingerprint density at radius 2 is 1.38 bits per heavy atom. The van der Waals surface area contributed by atoms with Crippen LogP contribution in [0.15, 0.2) is 42.5 Å². The first kappa shape index (κ1) is 20.4. The summed E-state index contributed by atoms with van der Waals surface area (Å²) in [6.45, 7) is 3.29. The third kappa shape index (κ3) is 5.57. The zero-order valence-electron chi connectivity index (χ0n) is 16.4. The van der Waals surface area contributed by atoms with Crippen LogP contribution in [0.3, 0.4) is 0 Å². The van der Waals surface area contributed by atoms with Gasteiger partial charge in [0.1, 0.15) is 0 Å². The second kappa shape index (κ2) is 9.23. The zero-order valence-corrected chi connectivity index (χ0v) is 16.4. The van der Waals surface area contributed by atoms with E-state index in [0.717, 1.165) is 38.8 Å². The highest BCUT2D eigenvalue weighted by Crippen LogP contribution is 2.18. The summed E-state index contributed by atoms with van der Waals surface area (Å²) >= 11 is 0. The molecule has 3 rings (SSSR count). The van der Waals surface area contributed by atoms with Crippen molar-refractivity contribution in [3.05, 3.63) is 59.2 Å². The standard InChI is InChI=1S/C22H25N3O4/c1-15-12-16(14-17(13-15)21(27)28)20(26)23-18-6-8-19(9-7-18)24-22(29)25-10-4-2-3-5-11-25/h6-9,12-14H,2-5,10-11H2,1H3,(H,23,26)(H,24,29)(H,27,28). The number of carboxylic acids is 1. The van der Waals surface area contributed by atoms with Gasteiger partial charge in [-0.3, -0.25) is 4.79 Å². The van der Waals surface area contributed by atoms with Crippen LogP contribution >= 0.6 is 0 Å². The fraction of sp³-hybridized carbons (Fsp3) is 0.318. The molecule has 152 valence electrons. The molecule has 1 aliphatic heterocycles. The van der Waals surface area contributed by atoms with Gasteiger partial charge in [-0.2, -0.15) is 0 Å². The molecule has 2 aromatic rings. The van der Waals surface area contributed by atoms with Gasteiger partial charge in [0.05, 0.1) is 5.56 Å². The van der Waals surface area contributed by atoms with E-state index in [4.69, 9.17) is 5.11 Å². The Morgan fingerprint density at radius 1 is 0.828 bits per heavy atom. The SMILES string of the molecule is Cc1cc(C(=O)O)cc(C(=O)Nc2ccc(NC(=O)N3CCCCCC3)cc2)c1. The van der Waals surface area contributed by atoms with Crippen LogP contribution in [-0.2, 0) is 0 Å². The fourth-order valence-electron chi connectivity index (χ4n) is 3.35. The summed E-state index contributed by atoms with van der Waals surface area (Å²) in [5.41, 5.74) is 2.26. The molecule has 0 aliphatic carbocycles. The molecule has 3 amide bonds. The van der Waals surface area contributed by atoms with Crippen molar-refractivity contribution in [3.63, 3.8) is 0 Å². The van der Waals surface area contributed by atoms with Gasteiger partial charge in [0, 0.05) is 30.0 Å². The predicted molar refractivity (Wildman–Crippen MR) is 112 cm³/mol. The number of rotatable bonds is 4. The van der Waals surface area contributed by atoms with Gasteiger partial charge in [-0.25, -0.2) is 9.59 Å². The van der Waals surface area contributed by atoms with Crippen LogP contribution in [-0.4, -0.2) is 41.0 Å². The van der Waals surface area contributed by atoms with Gasteiger partial charge in [-0.1, -0.05) is 12.8 Å². The van der Waals surface area contributed by atoms with Gasteiger partial charge in [-0.15, -0.1) is 0 Å². The molecular weight excluding hydrogens is 370 g/mol. The maximum atomic E-state index is 12.5. The van der Waals surface area contributed by atoms with Crippen LogP contribution in [0.5, 0.6) is 0 Å². The van der Waals surface area contributed by atoms with Crippen molar-refractivity contribution in [1.82, 2.24) is 4.90 Å². The summed E-state index contributed by atoms with van der Waals surface area (Å²) in [6, 6.07) is 11.2. The zero-order chi connectivity index (χ0) is 20.8. The van der Waals surface area contributed by atoms with Gasteiger partial charge >= 0.3 is 12.0 Å². The van der Waals surface area contributed by atoms with Crippen molar-refractivity contribution in [2.75, 3.05) is 23.7 Å². The molecule has 0 aromatic heterocycles. The van der Waals surface area contributed by atoms with Gasteiger partial charge < -0.3 is 20.6 Å². The molecule has 1 aliphatic rings. The molecule has 0 bridgehead atoms. The number of urea groups is 1. The van der Waals surface area contributed by atoms with Crippen LogP contribution in [0.25, 0.3) is 0 Å². The molecule has 1 heterocycles. The van der Waals surface area contributed by atoms with Crippen LogP contribution < -0.4 is 10.6 Å². The van der Waals surface area contributed by atoms with E-state index >= 15 is 0 Å². The molecule has 1 saturated heterocycles. The Balaban J connectivity index is 1.62. The third-order valence-corrected chi connectivity index (χ3v) is 4.87. The van der Waals surface area contributed by atoms with Crippen molar-refractivity contribution in [1.29, 1.82) is 0 Å². The van der Waals surface area contributed by atoms with Gasteiger partial charge in [0.25, 0.3) is 5.91 Å². The molecule has 3 N–H and O–H groups in total. The summed E-state index contributed by atoms with van der Waals surface area (Å²) < 4.78 is 0. The van der Waals surface area contributed by atoms with E-state index in [1.165, 1.54) is 12.1 Å². The minimum atomic E-state index is -1.08. The Hall–Kier alpha value is -3.35. The second-order valence-electron chi connectivity index (χ2n) is 7.26. The van der Waals surface area contributed by atoms with E-state index in [1.54, 1.807) is 37.3 Å². The molecule has 1 fully saturated rings. The van der Waals surface area contributed by atoms with Gasteiger partial charge in [0.2, 0.25) is 0 Å². The topological polar surface area (TPSA) is 98.7 Å². The maximum absolute atomic E-state index is 12.5. The molecule has 0 saturated carbocycles. The number of hydrogen-bond donors (Lipinski definition) is 3. The van der Waals surface area contributed by atoms with E-state index in [-0.39, 0.29) is 17.2 Å². The predicted octanol–water partition coefficient (Wildman–Crippen LogP) is 4.35. The fourth-order valence-corrected chi connectivity index (χ4v) is 3.35. The summed E-state index contributed by atoms with van der Waals surface area (Å²) in [5.74, 6) is -1.47. The molecule has 7 heteroatoms. The lowest BCUT2D eigenvalue weighted by atomic mass is 10.1. The quantitative estimate of drug-likeness (QED) is 0.716. The van der Waals surface area contributed by atoms with Gasteiger partial charge in [-0.05, 0) is 67.8 Å². The number of carbonyl (C=O) groups excluding carboxylic acids is 2. The number of amides is 3. The number of nitrogens with one attached hydrogen (secondary N) is 2. The molecule has 7 nitrogen and oxygen atoms in total. The molecule has 2 aromatic carbocycles. The van der Waals surface area contributed by atoms with Crippen LogP contribution in [0.2, 0.25) is 0 Å². The molecule has 29 heavy (non-hydrogen) atoms. The first-order chi connectivity index (χ1) is 13.9. The Bertz CT molecular complexity index is 901. The highest BCUT2D eigenvalue weighted by atomic mass is 16.4. The Kier molecular flexibility index (Phi) is 6.49. The summed E-state index contributed by atoms with van der Waals surface area (Å²) in [6.07, 6.45) is 4.38. The van der Waals surface area contributed by atoms with Crippen LogP contribution in [0.1, 0.15) is 52.0 Å². The minimum Gasteiger partial charge on any atom is -0.478 e. The van der Waals surface area contributed by atoms with E-state index in [9.17, 15) is 14.4 Å². The first-order valence-electron chi connectivity index (χ1n) is 9.75. The smallest absolute Gasteiger partial charge is 0.335 e. The number of carbonyl (C=O) groups is 3. The number of nitrogens with zero attached hydrogens (tertiary/aromatic N) is 1. The summed E-state index contributed by atoms with van der Waals surface area (Å²) in [7, 11) is 0. The minimum absolute atomic E-state index is 0.0710. The number of benzene rings is 2. The lowest BCUT2D eigenvalue weighted by molar-refractivity contribution is 0.0696. The average Bonchev–Trinajstić information content (AvgIpc) is 2.98. The molecule has 0 atom stereocenters. The van der Waals surface area contributed by atoms with Crippen molar-refractivity contribution < 1.29 is 19.5 Å². The normalized spacial score (nSPS) is 14.0. The molecule has 0 unspecified atom stereocenters. The first-order valence-corrected chi connectivity index (χ1v) is 9.75. The van der Waals surface area contributed by atoms with Crippen LogP contribution in [0.4, 0.5) is 16.2 Å². The lowest BCUT2D eigenvalue weighted by Crippen LogP contribution is -2.35. The number of hydrogen-bond acceptors (Lipinski definition) is 3. The maximum Gasteiger partial charge on any atom is 0.335 e. The number of likely N-dealkylation sites (tertiary alicyclic amines) is 1. The van der Waals surface area contributed by atoms with Crippen LogP contribution in [0, 0.1) is 6.92 Å². The number of carboxylic acid groups (broad SMARTS) is 1. The van der Waals surface area contributed by atoms with Crippen molar-refractivity contribution in [2.24, 2.45) is 0 Å². The summed E-state index contributed by atoms with van der Waals surface area (Å²) in [5, 5.41) is 14.8. The van der Waals surface area contributed by atoms with E-state index in [0.29, 0.717) is 16.9 Å². The Labute approximate surface area is 169 Å². The van der Waals surface area contributed by atoms with E-state index in [2.05, 4.69) is 10.6 Å². The van der Waals surface area contributed by atoms with Crippen molar-refractivity contribution in [2.45, 2.75) is 32.6 Å². The lowest BCUT2D eigenvalue weighted by Gasteiger charge is -2.20. The third-order valence-electron chi connectivity index (χ3n) is 4.87. The van der Waals surface area contributed by atoms with Gasteiger partial charge in [0.15, 0.2) is 0 Å². The average molecular weight is 395 g/mol. The highest BCUT2D eigenvalue weighted by Gasteiger charge is 2.16. The second-order valence-corrected chi connectivity index (χ2v) is 7.26.